The van der Waals surface area contributed by atoms with Gasteiger partial charge in [0, 0.05) is 10.7 Å². The standard InChI is InChI=1S/C16H15BrN2O2/c1-10-6-13(17)8-18-15(10)19-16(20)12-7-11-4-2-3-5-14(11)21-9-12/h2-6,8,12H,7,9H2,1H3,(H,18,19,20). The van der Waals surface area contributed by atoms with E-state index in [1.807, 2.05) is 37.3 Å². The minimum atomic E-state index is -0.190. The van der Waals surface area contributed by atoms with Crippen LogP contribution in [0.4, 0.5) is 5.82 Å². The molecule has 3 rings (SSSR count). The van der Waals surface area contributed by atoms with Gasteiger partial charge in [-0.2, -0.15) is 0 Å². The number of para-hydroxylation sites is 1. The van der Waals surface area contributed by atoms with Crippen LogP contribution in [0.2, 0.25) is 0 Å². The lowest BCUT2D eigenvalue weighted by atomic mass is 9.96. The van der Waals surface area contributed by atoms with E-state index in [0.717, 1.165) is 21.3 Å². The Hall–Kier alpha value is -1.88. The molecule has 2 aromatic rings. The number of hydrogen-bond acceptors (Lipinski definition) is 3. The Morgan fingerprint density at radius 1 is 1.43 bits per heavy atom. The Morgan fingerprint density at radius 3 is 3.05 bits per heavy atom. The third-order valence-electron chi connectivity index (χ3n) is 3.54. The second-order valence-corrected chi connectivity index (χ2v) is 6.04. The molecule has 1 aliphatic heterocycles. The first-order valence-corrected chi connectivity index (χ1v) is 7.56. The molecule has 1 aromatic carbocycles. The van der Waals surface area contributed by atoms with Crippen molar-refractivity contribution in [1.82, 2.24) is 4.98 Å². The number of benzene rings is 1. The number of fused-ring (bicyclic) bond motifs is 1. The maximum atomic E-state index is 12.4. The van der Waals surface area contributed by atoms with Gasteiger partial charge < -0.3 is 10.1 Å². The molecule has 2 heterocycles. The second kappa shape index (κ2) is 5.85. The minimum absolute atomic E-state index is 0.0533. The van der Waals surface area contributed by atoms with Gasteiger partial charge >= 0.3 is 0 Å². The first kappa shape index (κ1) is 14.1. The first-order valence-electron chi connectivity index (χ1n) is 6.77. The molecular formula is C16H15BrN2O2. The normalized spacial score (nSPS) is 16.8. The molecule has 0 aliphatic carbocycles. The second-order valence-electron chi connectivity index (χ2n) is 5.13. The number of carbonyl (C=O) groups is 1. The van der Waals surface area contributed by atoms with Crippen LogP contribution in [0.25, 0.3) is 0 Å². The molecule has 1 atom stereocenters. The molecule has 0 spiro atoms. The average molecular weight is 347 g/mol. The Morgan fingerprint density at radius 2 is 2.24 bits per heavy atom. The quantitative estimate of drug-likeness (QED) is 0.907. The van der Waals surface area contributed by atoms with Gasteiger partial charge in [0.05, 0.1) is 5.92 Å². The fourth-order valence-corrected chi connectivity index (χ4v) is 2.83. The summed E-state index contributed by atoms with van der Waals surface area (Å²) in [6.45, 7) is 2.32. The number of ether oxygens (including phenoxy) is 1. The summed E-state index contributed by atoms with van der Waals surface area (Å²) in [5.41, 5.74) is 2.00. The molecule has 0 saturated carbocycles. The van der Waals surface area contributed by atoms with Crippen LogP contribution in [-0.2, 0) is 11.2 Å². The molecule has 4 nitrogen and oxygen atoms in total. The zero-order valence-electron chi connectivity index (χ0n) is 11.6. The summed E-state index contributed by atoms with van der Waals surface area (Å²) in [7, 11) is 0. The van der Waals surface area contributed by atoms with Gasteiger partial charge in [0.2, 0.25) is 5.91 Å². The lowest BCUT2D eigenvalue weighted by molar-refractivity contribution is -0.121. The maximum absolute atomic E-state index is 12.4. The Bertz CT molecular complexity index is 688. The van der Waals surface area contributed by atoms with E-state index >= 15 is 0 Å². The van der Waals surface area contributed by atoms with E-state index in [0.29, 0.717) is 18.8 Å². The van der Waals surface area contributed by atoms with E-state index in [2.05, 4.69) is 26.2 Å². The molecule has 5 heteroatoms. The van der Waals surface area contributed by atoms with Crippen molar-refractivity contribution in [2.75, 3.05) is 11.9 Å². The van der Waals surface area contributed by atoms with Crippen LogP contribution >= 0.6 is 15.9 Å². The average Bonchev–Trinajstić information content (AvgIpc) is 2.49. The van der Waals surface area contributed by atoms with E-state index in [-0.39, 0.29) is 11.8 Å². The number of nitrogens with zero attached hydrogens (tertiary/aromatic N) is 1. The highest BCUT2D eigenvalue weighted by Crippen LogP contribution is 2.27. The van der Waals surface area contributed by atoms with Crippen molar-refractivity contribution in [2.45, 2.75) is 13.3 Å². The molecule has 1 unspecified atom stereocenters. The van der Waals surface area contributed by atoms with Gasteiger partial charge in [-0.3, -0.25) is 4.79 Å². The van der Waals surface area contributed by atoms with Crippen molar-refractivity contribution in [3.8, 4) is 5.75 Å². The SMILES string of the molecule is Cc1cc(Br)cnc1NC(=O)C1COc2ccccc2C1. The van der Waals surface area contributed by atoms with E-state index < -0.39 is 0 Å². The fraction of sp³-hybridized carbons (Fsp3) is 0.250. The molecule has 0 fully saturated rings. The number of amides is 1. The number of carbonyl (C=O) groups excluding carboxylic acids is 1. The van der Waals surface area contributed by atoms with Crippen LogP contribution in [0.5, 0.6) is 5.75 Å². The molecule has 1 aliphatic rings. The molecule has 0 bridgehead atoms. The number of pyridine rings is 1. The Labute approximate surface area is 131 Å². The molecule has 1 N–H and O–H groups in total. The third-order valence-corrected chi connectivity index (χ3v) is 3.97. The van der Waals surface area contributed by atoms with Crippen LogP contribution in [-0.4, -0.2) is 17.5 Å². The highest BCUT2D eigenvalue weighted by atomic mass is 79.9. The summed E-state index contributed by atoms with van der Waals surface area (Å²) < 4.78 is 6.55. The van der Waals surface area contributed by atoms with Crippen LogP contribution < -0.4 is 10.1 Å². The summed E-state index contributed by atoms with van der Waals surface area (Å²) in [6, 6.07) is 9.76. The smallest absolute Gasteiger partial charge is 0.232 e. The van der Waals surface area contributed by atoms with Crippen LogP contribution in [0.3, 0.4) is 0 Å². The number of nitrogens with one attached hydrogen (secondary N) is 1. The Balaban J connectivity index is 1.72. The molecule has 21 heavy (non-hydrogen) atoms. The fourth-order valence-electron chi connectivity index (χ4n) is 2.39. The van der Waals surface area contributed by atoms with Gasteiger partial charge in [-0.25, -0.2) is 4.98 Å². The van der Waals surface area contributed by atoms with Crippen molar-refractivity contribution in [3.05, 3.63) is 52.1 Å². The van der Waals surface area contributed by atoms with Crippen molar-refractivity contribution in [3.63, 3.8) is 0 Å². The number of aromatic nitrogens is 1. The zero-order chi connectivity index (χ0) is 14.8. The maximum Gasteiger partial charge on any atom is 0.232 e. The van der Waals surface area contributed by atoms with Crippen LogP contribution in [0.1, 0.15) is 11.1 Å². The van der Waals surface area contributed by atoms with Gasteiger partial charge in [-0.05, 0) is 52.5 Å². The van der Waals surface area contributed by atoms with E-state index in [9.17, 15) is 4.79 Å². The van der Waals surface area contributed by atoms with Gasteiger partial charge in [0.15, 0.2) is 0 Å². The van der Waals surface area contributed by atoms with E-state index in [1.165, 1.54) is 0 Å². The topological polar surface area (TPSA) is 51.2 Å². The first-order chi connectivity index (χ1) is 10.1. The number of aryl methyl sites for hydroxylation is 1. The molecular weight excluding hydrogens is 332 g/mol. The van der Waals surface area contributed by atoms with Crippen molar-refractivity contribution in [2.24, 2.45) is 5.92 Å². The van der Waals surface area contributed by atoms with E-state index in [4.69, 9.17) is 4.74 Å². The van der Waals surface area contributed by atoms with E-state index in [1.54, 1.807) is 6.20 Å². The third kappa shape index (κ3) is 3.08. The monoisotopic (exact) mass is 346 g/mol. The summed E-state index contributed by atoms with van der Waals surface area (Å²) in [4.78, 5) is 16.6. The molecule has 1 aromatic heterocycles. The predicted octanol–water partition coefficient (Wildman–Crippen LogP) is 3.34. The van der Waals surface area contributed by atoms with Gasteiger partial charge in [0.1, 0.15) is 18.2 Å². The lowest BCUT2D eigenvalue weighted by Gasteiger charge is -2.24. The Kier molecular flexibility index (Phi) is 3.92. The van der Waals surface area contributed by atoms with Crippen LogP contribution in [0.15, 0.2) is 41.0 Å². The van der Waals surface area contributed by atoms with Gasteiger partial charge in [-0.15, -0.1) is 0 Å². The van der Waals surface area contributed by atoms with Gasteiger partial charge in [-0.1, -0.05) is 18.2 Å². The predicted molar refractivity (Wildman–Crippen MR) is 84.4 cm³/mol. The van der Waals surface area contributed by atoms with Crippen LogP contribution in [0, 0.1) is 12.8 Å². The number of hydrogen-bond donors (Lipinski definition) is 1. The summed E-state index contributed by atoms with van der Waals surface area (Å²) in [6.07, 6.45) is 2.37. The number of anilines is 1. The molecule has 0 radical (unpaired) electrons. The highest BCUT2D eigenvalue weighted by molar-refractivity contribution is 9.10. The number of halogens is 1. The molecule has 1 amide bonds. The molecule has 0 saturated heterocycles. The van der Waals surface area contributed by atoms with Crippen molar-refractivity contribution in [1.29, 1.82) is 0 Å². The molecule has 108 valence electrons. The highest BCUT2D eigenvalue weighted by Gasteiger charge is 2.26. The largest absolute Gasteiger partial charge is 0.492 e. The van der Waals surface area contributed by atoms with Crippen molar-refractivity contribution >= 4 is 27.7 Å². The summed E-state index contributed by atoms with van der Waals surface area (Å²) in [5, 5.41) is 2.89. The lowest BCUT2D eigenvalue weighted by Crippen LogP contribution is -2.33. The number of rotatable bonds is 2. The summed E-state index contributed by atoms with van der Waals surface area (Å²) >= 11 is 3.36. The van der Waals surface area contributed by atoms with Crippen molar-refractivity contribution < 1.29 is 9.53 Å². The van der Waals surface area contributed by atoms with Gasteiger partial charge in [0.25, 0.3) is 0 Å². The zero-order valence-corrected chi connectivity index (χ0v) is 13.2. The summed E-state index contributed by atoms with van der Waals surface area (Å²) in [5.74, 6) is 1.23. The minimum Gasteiger partial charge on any atom is -0.492 e.